The average Bonchev–Trinajstić information content (AvgIpc) is 3.25. The summed E-state index contributed by atoms with van der Waals surface area (Å²) in [4.78, 5) is 11.9. The Balaban J connectivity index is 1.91. The number of carbonyl (C=O) groups is 1. The smallest absolute Gasteiger partial charge is 0.327 e. The van der Waals surface area contributed by atoms with Crippen LogP contribution in [-0.2, 0) is 23.1 Å². The molecule has 0 fully saturated rings. The number of benzene rings is 2. The Morgan fingerprint density at radius 1 is 1.18 bits per heavy atom. The SMILES string of the molecule is CCOC(=O)Cn1ncc2c(-c3cc4c(cnn4C)cc3F)ccc(OC)c21. The first kappa shape index (κ1) is 18.0. The van der Waals surface area contributed by atoms with Crippen LogP contribution in [0.25, 0.3) is 32.9 Å². The summed E-state index contributed by atoms with van der Waals surface area (Å²) in [5.74, 6) is -0.213. The maximum absolute atomic E-state index is 14.9. The van der Waals surface area contributed by atoms with E-state index in [1.165, 1.54) is 10.7 Å². The van der Waals surface area contributed by atoms with E-state index in [4.69, 9.17) is 9.47 Å². The number of ether oxygens (including phenoxy) is 2. The lowest BCUT2D eigenvalue weighted by Gasteiger charge is -2.11. The Bertz CT molecular complexity index is 1200. The molecule has 4 rings (SSSR count). The second-order valence-electron chi connectivity index (χ2n) is 6.34. The summed E-state index contributed by atoms with van der Waals surface area (Å²) in [7, 11) is 3.35. The third-order valence-corrected chi connectivity index (χ3v) is 4.69. The molecule has 0 aliphatic rings. The Morgan fingerprint density at radius 2 is 2.00 bits per heavy atom. The number of nitrogens with zero attached hydrogens (tertiary/aromatic N) is 4. The van der Waals surface area contributed by atoms with Gasteiger partial charge in [-0.05, 0) is 36.8 Å². The number of hydrogen-bond acceptors (Lipinski definition) is 5. The normalized spacial score (nSPS) is 11.3. The predicted molar refractivity (Wildman–Crippen MR) is 103 cm³/mol. The van der Waals surface area contributed by atoms with Gasteiger partial charge in [0.2, 0.25) is 0 Å². The minimum absolute atomic E-state index is 0.0552. The molecule has 4 aromatic rings. The van der Waals surface area contributed by atoms with E-state index in [9.17, 15) is 9.18 Å². The van der Waals surface area contributed by atoms with Crippen molar-refractivity contribution in [2.45, 2.75) is 13.5 Å². The summed E-state index contributed by atoms with van der Waals surface area (Å²) in [6.07, 6.45) is 3.24. The molecule has 0 radical (unpaired) electrons. The third-order valence-electron chi connectivity index (χ3n) is 4.69. The zero-order valence-corrected chi connectivity index (χ0v) is 15.8. The minimum atomic E-state index is -0.401. The van der Waals surface area contributed by atoms with Gasteiger partial charge in [0.15, 0.2) is 0 Å². The fraction of sp³-hybridized carbons (Fsp3) is 0.250. The van der Waals surface area contributed by atoms with E-state index in [1.54, 1.807) is 49.3 Å². The van der Waals surface area contributed by atoms with Gasteiger partial charge < -0.3 is 9.47 Å². The van der Waals surface area contributed by atoms with Crippen LogP contribution in [0.1, 0.15) is 6.92 Å². The molecule has 0 unspecified atom stereocenters. The molecule has 0 atom stereocenters. The first-order valence-corrected chi connectivity index (χ1v) is 8.83. The van der Waals surface area contributed by atoms with Crippen LogP contribution in [0.15, 0.2) is 36.7 Å². The van der Waals surface area contributed by atoms with Crippen molar-refractivity contribution in [1.82, 2.24) is 19.6 Å². The van der Waals surface area contributed by atoms with Gasteiger partial charge in [-0.2, -0.15) is 10.2 Å². The van der Waals surface area contributed by atoms with Crippen LogP contribution >= 0.6 is 0 Å². The monoisotopic (exact) mass is 382 g/mol. The van der Waals surface area contributed by atoms with Crippen molar-refractivity contribution in [3.63, 3.8) is 0 Å². The van der Waals surface area contributed by atoms with Crippen LogP contribution < -0.4 is 4.74 Å². The van der Waals surface area contributed by atoms with Crippen molar-refractivity contribution in [2.75, 3.05) is 13.7 Å². The van der Waals surface area contributed by atoms with Gasteiger partial charge in [-0.25, -0.2) is 9.07 Å². The van der Waals surface area contributed by atoms with E-state index in [2.05, 4.69) is 10.2 Å². The standard InChI is InChI=1S/C20H19FN4O3/c1-4-28-19(26)11-25-20-15(10-23-25)13(5-6-18(20)27-3)14-8-17-12(7-16(14)21)9-22-24(17)2/h5-10H,4,11H2,1-3H3. The molecule has 2 aromatic carbocycles. The van der Waals surface area contributed by atoms with Crippen molar-refractivity contribution in [3.05, 3.63) is 42.5 Å². The highest BCUT2D eigenvalue weighted by Gasteiger charge is 2.19. The van der Waals surface area contributed by atoms with Crippen LogP contribution in [-0.4, -0.2) is 39.2 Å². The number of carbonyl (C=O) groups excluding carboxylic acids is 1. The lowest BCUT2D eigenvalue weighted by molar-refractivity contribution is -0.143. The molecule has 2 aromatic heterocycles. The topological polar surface area (TPSA) is 71.2 Å². The molecule has 0 aliphatic heterocycles. The van der Waals surface area contributed by atoms with Gasteiger partial charge in [0, 0.05) is 23.4 Å². The lowest BCUT2D eigenvalue weighted by atomic mass is 9.99. The summed E-state index contributed by atoms with van der Waals surface area (Å²) in [6.45, 7) is 1.98. The van der Waals surface area contributed by atoms with Crippen LogP contribution in [0.3, 0.4) is 0 Å². The number of aryl methyl sites for hydroxylation is 1. The summed E-state index contributed by atoms with van der Waals surface area (Å²) in [5.41, 5.74) is 2.52. The number of hydrogen-bond donors (Lipinski definition) is 0. The van der Waals surface area contributed by atoms with Crippen LogP contribution in [0.2, 0.25) is 0 Å². The highest BCUT2D eigenvalue weighted by atomic mass is 19.1. The molecule has 144 valence electrons. The number of methoxy groups -OCH3 is 1. The molecule has 0 saturated heterocycles. The molecule has 2 heterocycles. The van der Waals surface area contributed by atoms with E-state index < -0.39 is 5.97 Å². The highest BCUT2D eigenvalue weighted by molar-refractivity contribution is 6.00. The molecular weight excluding hydrogens is 363 g/mol. The fourth-order valence-corrected chi connectivity index (χ4v) is 3.40. The van der Waals surface area contributed by atoms with Crippen molar-refractivity contribution in [1.29, 1.82) is 0 Å². The van der Waals surface area contributed by atoms with E-state index in [0.717, 1.165) is 10.9 Å². The Kier molecular flexibility index (Phi) is 4.46. The van der Waals surface area contributed by atoms with Crippen molar-refractivity contribution in [2.24, 2.45) is 7.05 Å². The molecule has 28 heavy (non-hydrogen) atoms. The largest absolute Gasteiger partial charge is 0.494 e. The van der Waals surface area contributed by atoms with Crippen molar-refractivity contribution >= 4 is 27.8 Å². The molecular formula is C20H19FN4O3. The molecule has 0 saturated carbocycles. The van der Waals surface area contributed by atoms with Crippen LogP contribution in [0, 0.1) is 5.82 Å². The Labute approximate surface area is 160 Å². The highest BCUT2D eigenvalue weighted by Crippen LogP contribution is 2.37. The van der Waals surface area contributed by atoms with Gasteiger partial charge in [-0.15, -0.1) is 0 Å². The van der Waals surface area contributed by atoms with Gasteiger partial charge >= 0.3 is 5.97 Å². The number of esters is 1. The first-order chi connectivity index (χ1) is 13.5. The maximum Gasteiger partial charge on any atom is 0.327 e. The molecule has 0 aliphatic carbocycles. The Morgan fingerprint density at radius 3 is 2.75 bits per heavy atom. The van der Waals surface area contributed by atoms with Crippen LogP contribution in [0.5, 0.6) is 5.75 Å². The molecule has 0 spiro atoms. The zero-order valence-electron chi connectivity index (χ0n) is 15.8. The first-order valence-electron chi connectivity index (χ1n) is 8.83. The van der Waals surface area contributed by atoms with E-state index in [0.29, 0.717) is 27.8 Å². The minimum Gasteiger partial charge on any atom is -0.494 e. The number of aromatic nitrogens is 4. The number of halogens is 1. The number of rotatable bonds is 5. The van der Waals surface area contributed by atoms with Gasteiger partial charge in [0.05, 0.1) is 31.6 Å². The van der Waals surface area contributed by atoms with Gasteiger partial charge in [-0.3, -0.25) is 9.48 Å². The lowest BCUT2D eigenvalue weighted by Crippen LogP contribution is -2.14. The van der Waals surface area contributed by atoms with E-state index >= 15 is 0 Å². The second-order valence-corrected chi connectivity index (χ2v) is 6.34. The molecule has 0 bridgehead atoms. The summed E-state index contributed by atoms with van der Waals surface area (Å²) >= 11 is 0. The summed E-state index contributed by atoms with van der Waals surface area (Å²) in [5, 5.41) is 9.90. The average molecular weight is 382 g/mol. The summed E-state index contributed by atoms with van der Waals surface area (Å²) < 4.78 is 28.5. The molecule has 8 heteroatoms. The Hall–Kier alpha value is -3.42. The number of fused-ring (bicyclic) bond motifs is 2. The third kappa shape index (κ3) is 2.87. The van der Waals surface area contributed by atoms with Gasteiger partial charge in [-0.1, -0.05) is 0 Å². The molecule has 7 nitrogen and oxygen atoms in total. The summed E-state index contributed by atoms with van der Waals surface area (Å²) in [6, 6.07) is 6.77. The quantitative estimate of drug-likeness (QED) is 0.495. The maximum atomic E-state index is 14.9. The molecule has 0 N–H and O–H groups in total. The predicted octanol–water partition coefficient (Wildman–Crippen LogP) is 3.30. The van der Waals surface area contributed by atoms with E-state index in [-0.39, 0.29) is 19.0 Å². The molecule has 0 amide bonds. The zero-order chi connectivity index (χ0) is 19.8. The van der Waals surface area contributed by atoms with Crippen molar-refractivity contribution in [3.8, 4) is 16.9 Å². The van der Waals surface area contributed by atoms with E-state index in [1.807, 2.05) is 7.05 Å². The fourth-order valence-electron chi connectivity index (χ4n) is 3.40. The van der Waals surface area contributed by atoms with Crippen LogP contribution in [0.4, 0.5) is 4.39 Å². The van der Waals surface area contributed by atoms with Crippen molar-refractivity contribution < 1.29 is 18.7 Å². The van der Waals surface area contributed by atoms with Gasteiger partial charge in [0.25, 0.3) is 0 Å². The second kappa shape index (κ2) is 6.95. The van der Waals surface area contributed by atoms with Gasteiger partial charge in [0.1, 0.15) is 23.6 Å².